The van der Waals surface area contributed by atoms with Gasteiger partial charge in [0, 0.05) is 59.6 Å². The zero-order valence-corrected chi connectivity index (χ0v) is 24.5. The van der Waals surface area contributed by atoms with Crippen LogP contribution in [0, 0.1) is 5.82 Å². The standard InChI is InChI=1S/C34H35FN8/c1-42(2)11-8-37-26-14-23(13-25(35)15-26)27-6-5-7-30-28(27)16-32(39-30)34-29-17-31(38-20-33(29)40-41-34)24-12-22(18-36-19-24)21-43-9-3-4-10-43/h5-7,12-20,37,39H,3-4,8-11,21H2,1-2H3,(H,40,41). The Morgan fingerprint density at radius 2 is 1.81 bits per heavy atom. The lowest BCUT2D eigenvalue weighted by atomic mass is 10.0. The van der Waals surface area contributed by atoms with Crippen LogP contribution in [-0.4, -0.2) is 75.2 Å². The molecule has 1 aliphatic heterocycles. The molecule has 4 aromatic heterocycles. The number of fused-ring (bicyclic) bond motifs is 2. The molecule has 0 aliphatic carbocycles. The summed E-state index contributed by atoms with van der Waals surface area (Å²) < 4.78 is 14.7. The Bertz CT molecular complexity index is 1900. The van der Waals surface area contributed by atoms with Crippen LogP contribution in [0.5, 0.6) is 0 Å². The molecule has 2 aromatic carbocycles. The molecule has 7 rings (SSSR count). The van der Waals surface area contributed by atoms with E-state index in [4.69, 9.17) is 4.98 Å². The third-order valence-corrected chi connectivity index (χ3v) is 8.16. The highest BCUT2D eigenvalue weighted by atomic mass is 19.1. The van der Waals surface area contributed by atoms with Gasteiger partial charge in [0.2, 0.25) is 0 Å². The maximum absolute atomic E-state index is 14.7. The Balaban J connectivity index is 1.22. The van der Waals surface area contributed by atoms with E-state index in [2.05, 4.69) is 53.5 Å². The molecule has 5 heterocycles. The summed E-state index contributed by atoms with van der Waals surface area (Å²) in [5.41, 5.74) is 9.11. The summed E-state index contributed by atoms with van der Waals surface area (Å²) in [5.74, 6) is -0.269. The van der Waals surface area contributed by atoms with Gasteiger partial charge in [0.15, 0.2) is 0 Å². The second-order valence-corrected chi connectivity index (χ2v) is 11.7. The van der Waals surface area contributed by atoms with Gasteiger partial charge in [0.25, 0.3) is 0 Å². The molecule has 43 heavy (non-hydrogen) atoms. The highest BCUT2D eigenvalue weighted by Crippen LogP contribution is 2.36. The molecule has 0 atom stereocenters. The molecule has 9 heteroatoms. The maximum Gasteiger partial charge on any atom is 0.125 e. The molecule has 6 aromatic rings. The van der Waals surface area contributed by atoms with Gasteiger partial charge < -0.3 is 15.2 Å². The van der Waals surface area contributed by atoms with Crippen molar-refractivity contribution in [2.75, 3.05) is 45.6 Å². The smallest absolute Gasteiger partial charge is 0.125 e. The van der Waals surface area contributed by atoms with Crippen molar-refractivity contribution >= 4 is 27.5 Å². The van der Waals surface area contributed by atoms with E-state index in [9.17, 15) is 4.39 Å². The summed E-state index contributed by atoms with van der Waals surface area (Å²) in [5, 5.41) is 13.1. The number of aromatic amines is 2. The van der Waals surface area contributed by atoms with Gasteiger partial charge in [-0.05, 0) is 99.2 Å². The van der Waals surface area contributed by atoms with Crippen molar-refractivity contribution in [2.45, 2.75) is 19.4 Å². The van der Waals surface area contributed by atoms with Crippen LogP contribution in [0.4, 0.5) is 10.1 Å². The average molecular weight is 575 g/mol. The first-order chi connectivity index (χ1) is 21.0. The number of nitrogens with one attached hydrogen (secondary N) is 3. The van der Waals surface area contributed by atoms with Crippen LogP contribution in [0.2, 0.25) is 0 Å². The summed E-state index contributed by atoms with van der Waals surface area (Å²) in [4.78, 5) is 17.4. The molecule has 0 unspecified atom stereocenters. The number of anilines is 1. The van der Waals surface area contributed by atoms with Crippen LogP contribution in [0.25, 0.3) is 55.6 Å². The van der Waals surface area contributed by atoms with Gasteiger partial charge in [-0.3, -0.25) is 20.0 Å². The number of pyridine rings is 2. The predicted octanol–water partition coefficient (Wildman–Crippen LogP) is 6.54. The molecule has 1 aliphatic rings. The lowest BCUT2D eigenvalue weighted by Crippen LogP contribution is -2.20. The number of aromatic nitrogens is 5. The first-order valence-electron chi connectivity index (χ1n) is 14.8. The minimum Gasteiger partial charge on any atom is -0.384 e. The van der Waals surface area contributed by atoms with Gasteiger partial charge in [-0.1, -0.05) is 12.1 Å². The number of likely N-dealkylation sites (N-methyl/N-ethyl adjacent to an activating group) is 1. The number of nitrogens with zero attached hydrogens (tertiary/aromatic N) is 5. The predicted molar refractivity (Wildman–Crippen MR) is 171 cm³/mol. The van der Waals surface area contributed by atoms with Gasteiger partial charge in [-0.2, -0.15) is 5.10 Å². The van der Waals surface area contributed by atoms with Crippen LogP contribution in [-0.2, 0) is 6.54 Å². The average Bonchev–Trinajstić information content (AvgIpc) is 3.76. The molecule has 0 saturated carbocycles. The second kappa shape index (κ2) is 11.6. The topological polar surface area (TPSA) is 88.8 Å². The lowest BCUT2D eigenvalue weighted by Gasteiger charge is -2.14. The quantitative estimate of drug-likeness (QED) is 0.182. The highest BCUT2D eigenvalue weighted by Gasteiger charge is 2.17. The molecule has 0 amide bonds. The molecular weight excluding hydrogens is 539 g/mol. The minimum atomic E-state index is -0.269. The maximum atomic E-state index is 14.7. The molecular formula is C34H35FN8. The number of H-pyrrole nitrogens is 2. The van der Waals surface area contributed by atoms with Crippen LogP contribution >= 0.6 is 0 Å². The van der Waals surface area contributed by atoms with Gasteiger partial charge in [-0.15, -0.1) is 0 Å². The van der Waals surface area contributed by atoms with Crippen LogP contribution in [0.3, 0.4) is 0 Å². The van der Waals surface area contributed by atoms with Crippen molar-refractivity contribution in [3.63, 3.8) is 0 Å². The number of hydrogen-bond donors (Lipinski definition) is 3. The molecule has 218 valence electrons. The van der Waals surface area contributed by atoms with Crippen LogP contribution in [0.1, 0.15) is 18.4 Å². The van der Waals surface area contributed by atoms with E-state index in [0.717, 1.165) is 94.0 Å². The fraction of sp³-hybridized carbons (Fsp3) is 0.265. The number of benzene rings is 2. The highest BCUT2D eigenvalue weighted by molar-refractivity contribution is 6.01. The molecule has 0 radical (unpaired) electrons. The Hall–Kier alpha value is -4.60. The molecule has 0 spiro atoms. The SMILES string of the molecule is CN(C)CCNc1cc(F)cc(-c2cccc3[nH]c(-c4n[nH]c5cnc(-c6cncc(CN7CCCC7)c6)cc45)cc23)c1. The van der Waals surface area contributed by atoms with E-state index in [1.54, 1.807) is 12.1 Å². The zero-order chi connectivity index (χ0) is 29.3. The van der Waals surface area contributed by atoms with Gasteiger partial charge >= 0.3 is 0 Å². The zero-order valence-electron chi connectivity index (χ0n) is 24.5. The van der Waals surface area contributed by atoms with E-state index in [0.29, 0.717) is 0 Å². The molecule has 1 saturated heterocycles. The molecule has 8 nitrogen and oxygen atoms in total. The Kier molecular flexibility index (Phi) is 7.34. The summed E-state index contributed by atoms with van der Waals surface area (Å²) in [7, 11) is 4.04. The van der Waals surface area contributed by atoms with E-state index in [1.807, 2.05) is 57.0 Å². The molecule has 1 fully saturated rings. The normalized spacial score (nSPS) is 14.0. The van der Waals surface area contributed by atoms with Gasteiger partial charge in [0.05, 0.1) is 23.1 Å². The number of hydrogen-bond acceptors (Lipinski definition) is 6. The van der Waals surface area contributed by atoms with E-state index in [-0.39, 0.29) is 5.82 Å². The Labute approximate surface area is 250 Å². The third kappa shape index (κ3) is 5.74. The number of rotatable bonds is 9. The number of likely N-dealkylation sites (tertiary alicyclic amines) is 1. The first kappa shape index (κ1) is 27.2. The van der Waals surface area contributed by atoms with Crippen molar-refractivity contribution in [1.82, 2.24) is 34.9 Å². The fourth-order valence-corrected chi connectivity index (χ4v) is 6.00. The van der Waals surface area contributed by atoms with Crippen molar-refractivity contribution in [2.24, 2.45) is 0 Å². The molecule has 0 bridgehead atoms. The lowest BCUT2D eigenvalue weighted by molar-refractivity contribution is 0.331. The summed E-state index contributed by atoms with van der Waals surface area (Å²) >= 11 is 0. The number of halogens is 1. The first-order valence-corrected chi connectivity index (χ1v) is 14.8. The monoisotopic (exact) mass is 574 g/mol. The summed E-state index contributed by atoms with van der Waals surface area (Å²) in [6.45, 7) is 4.80. The van der Waals surface area contributed by atoms with E-state index in [1.165, 1.54) is 18.4 Å². The fourth-order valence-electron chi connectivity index (χ4n) is 6.00. The second-order valence-electron chi connectivity index (χ2n) is 11.7. The largest absolute Gasteiger partial charge is 0.384 e. The summed E-state index contributed by atoms with van der Waals surface area (Å²) in [6, 6.07) is 17.6. The van der Waals surface area contributed by atoms with Crippen molar-refractivity contribution in [3.05, 3.63) is 84.6 Å². The van der Waals surface area contributed by atoms with Crippen LogP contribution in [0.15, 0.2) is 73.2 Å². The van der Waals surface area contributed by atoms with Crippen molar-refractivity contribution < 1.29 is 4.39 Å². The van der Waals surface area contributed by atoms with Gasteiger partial charge in [-0.25, -0.2) is 4.39 Å². The van der Waals surface area contributed by atoms with Crippen molar-refractivity contribution in [1.29, 1.82) is 0 Å². The molecule has 3 N–H and O–H groups in total. The summed E-state index contributed by atoms with van der Waals surface area (Å²) in [6.07, 6.45) is 8.19. The van der Waals surface area contributed by atoms with Crippen molar-refractivity contribution in [3.8, 4) is 33.8 Å². The van der Waals surface area contributed by atoms with E-state index >= 15 is 0 Å². The van der Waals surface area contributed by atoms with Crippen LogP contribution < -0.4 is 5.32 Å². The Morgan fingerprint density at radius 1 is 0.930 bits per heavy atom. The van der Waals surface area contributed by atoms with E-state index < -0.39 is 0 Å². The minimum absolute atomic E-state index is 0.269. The Morgan fingerprint density at radius 3 is 2.67 bits per heavy atom. The third-order valence-electron chi connectivity index (χ3n) is 8.16. The van der Waals surface area contributed by atoms with Gasteiger partial charge in [0.1, 0.15) is 11.5 Å².